The Labute approximate surface area is 111 Å². The Kier molecular flexibility index (Phi) is 3.53. The highest BCUT2D eigenvalue weighted by Gasteiger charge is 2.22. The lowest BCUT2D eigenvalue weighted by molar-refractivity contribution is 0.0941. The molecule has 18 heavy (non-hydrogen) atoms. The van der Waals surface area contributed by atoms with E-state index in [-0.39, 0.29) is 17.5 Å². The first-order chi connectivity index (χ1) is 8.52. The quantitative estimate of drug-likeness (QED) is 0.837. The van der Waals surface area contributed by atoms with Crippen molar-refractivity contribution in [3.05, 3.63) is 40.8 Å². The number of ketones is 1. The number of aromatic hydroxyl groups is 1. The van der Waals surface area contributed by atoms with Gasteiger partial charge in [-0.15, -0.1) is 11.3 Å². The maximum Gasteiger partial charge on any atom is 0.179 e. The van der Waals surface area contributed by atoms with Crippen LogP contribution in [0.5, 0.6) is 5.75 Å². The van der Waals surface area contributed by atoms with E-state index >= 15 is 0 Å². The van der Waals surface area contributed by atoms with Gasteiger partial charge in [-0.25, -0.2) is 0 Å². The number of benzene rings is 1. The van der Waals surface area contributed by atoms with Gasteiger partial charge in [0.25, 0.3) is 0 Å². The monoisotopic (exact) mass is 260 g/mol. The van der Waals surface area contributed by atoms with Crippen LogP contribution in [0.3, 0.4) is 0 Å². The Bertz CT molecular complexity index is 568. The molecule has 0 aliphatic carbocycles. The second kappa shape index (κ2) is 4.94. The summed E-state index contributed by atoms with van der Waals surface area (Å²) in [5.74, 6) is 0.0397. The summed E-state index contributed by atoms with van der Waals surface area (Å²) in [6, 6.07) is 9.83. The predicted molar refractivity (Wildman–Crippen MR) is 75.3 cm³/mol. The highest BCUT2D eigenvalue weighted by atomic mass is 32.1. The van der Waals surface area contributed by atoms with Crippen LogP contribution in [-0.4, -0.2) is 10.9 Å². The molecule has 2 nitrogen and oxygen atoms in total. The topological polar surface area (TPSA) is 37.3 Å². The molecule has 0 aliphatic rings. The summed E-state index contributed by atoms with van der Waals surface area (Å²) in [6.07, 6.45) is 0. The Balaban J connectivity index is 2.53. The van der Waals surface area contributed by atoms with Crippen LogP contribution in [0.4, 0.5) is 0 Å². The van der Waals surface area contributed by atoms with Gasteiger partial charge in [0, 0.05) is 16.4 Å². The molecular weight excluding hydrogens is 244 g/mol. The molecule has 0 atom stereocenters. The molecule has 0 fully saturated rings. The number of carbonyl (C=O) groups is 1. The highest BCUT2D eigenvalue weighted by molar-refractivity contribution is 7.18. The molecule has 2 rings (SSSR count). The van der Waals surface area contributed by atoms with E-state index in [2.05, 4.69) is 0 Å². The third kappa shape index (κ3) is 2.18. The normalized spacial score (nSPS) is 10.9. The van der Waals surface area contributed by atoms with E-state index in [1.165, 1.54) is 11.3 Å². The number of hydrogen-bond donors (Lipinski definition) is 1. The second-order valence-corrected chi connectivity index (χ2v) is 5.64. The third-order valence-corrected chi connectivity index (χ3v) is 4.24. The summed E-state index contributed by atoms with van der Waals surface area (Å²) in [7, 11) is 0. The zero-order valence-electron chi connectivity index (χ0n) is 10.7. The fraction of sp³-hybridized carbons (Fsp3) is 0.267. The lowest BCUT2D eigenvalue weighted by atomic mass is 10.1. The van der Waals surface area contributed by atoms with Gasteiger partial charge in [0.15, 0.2) is 5.78 Å². The molecule has 0 radical (unpaired) electrons. The van der Waals surface area contributed by atoms with Crippen LogP contribution in [0.15, 0.2) is 30.3 Å². The number of hydrogen-bond acceptors (Lipinski definition) is 3. The van der Waals surface area contributed by atoms with E-state index in [0.717, 1.165) is 16.0 Å². The molecule has 0 spiro atoms. The molecule has 0 saturated carbocycles. The predicted octanol–water partition coefficient (Wildman–Crippen LogP) is 4.27. The van der Waals surface area contributed by atoms with Gasteiger partial charge in [-0.05, 0) is 12.5 Å². The van der Waals surface area contributed by atoms with Gasteiger partial charge in [-0.3, -0.25) is 4.79 Å². The zero-order valence-corrected chi connectivity index (χ0v) is 11.5. The summed E-state index contributed by atoms with van der Waals surface area (Å²) in [6.45, 7) is 5.54. The highest BCUT2D eigenvalue weighted by Crippen LogP contribution is 2.41. The fourth-order valence-corrected chi connectivity index (χ4v) is 3.09. The largest absolute Gasteiger partial charge is 0.506 e. The van der Waals surface area contributed by atoms with Crippen LogP contribution < -0.4 is 0 Å². The van der Waals surface area contributed by atoms with Crippen LogP contribution in [0.2, 0.25) is 0 Å². The smallest absolute Gasteiger partial charge is 0.179 e. The molecule has 94 valence electrons. The first kappa shape index (κ1) is 12.8. The Morgan fingerprint density at radius 2 is 1.83 bits per heavy atom. The number of thiophene rings is 1. The molecule has 0 amide bonds. The van der Waals surface area contributed by atoms with Crippen molar-refractivity contribution in [3.63, 3.8) is 0 Å². The average Bonchev–Trinajstić information content (AvgIpc) is 2.67. The second-order valence-electron chi connectivity index (χ2n) is 4.62. The summed E-state index contributed by atoms with van der Waals surface area (Å²) in [5, 5.41) is 10.1. The lowest BCUT2D eigenvalue weighted by Crippen LogP contribution is -2.05. The van der Waals surface area contributed by atoms with Gasteiger partial charge >= 0.3 is 0 Å². The van der Waals surface area contributed by atoms with Gasteiger partial charge in [0.05, 0.1) is 0 Å². The molecule has 0 unspecified atom stereocenters. The summed E-state index contributed by atoms with van der Waals surface area (Å²) in [4.78, 5) is 13.5. The molecule has 2 aromatic rings. The van der Waals surface area contributed by atoms with E-state index in [0.29, 0.717) is 4.88 Å². The van der Waals surface area contributed by atoms with Gasteiger partial charge in [0.2, 0.25) is 0 Å². The van der Waals surface area contributed by atoms with Crippen molar-refractivity contribution in [2.75, 3.05) is 0 Å². The molecule has 1 aromatic heterocycles. The molecule has 0 saturated heterocycles. The van der Waals surface area contributed by atoms with Crippen LogP contribution in [0.25, 0.3) is 10.4 Å². The van der Waals surface area contributed by atoms with Crippen LogP contribution in [0, 0.1) is 12.8 Å². The van der Waals surface area contributed by atoms with Gasteiger partial charge in [0.1, 0.15) is 10.6 Å². The maximum atomic E-state index is 12.0. The minimum Gasteiger partial charge on any atom is -0.506 e. The van der Waals surface area contributed by atoms with Crippen LogP contribution in [0.1, 0.15) is 29.1 Å². The van der Waals surface area contributed by atoms with E-state index < -0.39 is 0 Å². The average molecular weight is 260 g/mol. The van der Waals surface area contributed by atoms with Crippen molar-refractivity contribution < 1.29 is 9.90 Å². The summed E-state index contributed by atoms with van der Waals surface area (Å²) >= 11 is 1.38. The van der Waals surface area contributed by atoms with Crippen molar-refractivity contribution in [2.45, 2.75) is 20.8 Å². The first-order valence-electron chi connectivity index (χ1n) is 5.94. The summed E-state index contributed by atoms with van der Waals surface area (Å²) < 4.78 is 0. The number of Topliss-reactive ketones (excluding diaryl/α,β-unsaturated/α-hetero) is 1. The molecule has 0 bridgehead atoms. The SMILES string of the molecule is Cc1c(-c2ccccc2)sc(C(=O)C(C)C)c1O. The molecule has 0 aliphatic heterocycles. The Hall–Kier alpha value is -1.61. The third-order valence-electron chi connectivity index (χ3n) is 2.90. The van der Waals surface area contributed by atoms with E-state index in [4.69, 9.17) is 0 Å². The number of rotatable bonds is 3. The first-order valence-corrected chi connectivity index (χ1v) is 6.76. The van der Waals surface area contributed by atoms with Crippen molar-refractivity contribution >= 4 is 17.1 Å². The molecule has 1 N–H and O–H groups in total. The van der Waals surface area contributed by atoms with Crippen molar-refractivity contribution in [3.8, 4) is 16.2 Å². The molecule has 3 heteroatoms. The standard InChI is InChI=1S/C15H16O2S/c1-9(2)12(16)15-13(17)10(3)14(18-15)11-7-5-4-6-8-11/h4-9,17H,1-3H3. The van der Waals surface area contributed by atoms with Crippen LogP contribution in [-0.2, 0) is 0 Å². The maximum absolute atomic E-state index is 12.0. The molecule has 1 aromatic carbocycles. The van der Waals surface area contributed by atoms with E-state index in [9.17, 15) is 9.90 Å². The van der Waals surface area contributed by atoms with Crippen molar-refractivity contribution in [1.82, 2.24) is 0 Å². The molecular formula is C15H16O2S. The minimum absolute atomic E-state index is 0.00258. The Morgan fingerprint density at radius 3 is 2.39 bits per heavy atom. The van der Waals surface area contributed by atoms with E-state index in [1.54, 1.807) is 0 Å². The van der Waals surface area contributed by atoms with Crippen LogP contribution >= 0.6 is 11.3 Å². The molecule has 1 heterocycles. The van der Waals surface area contributed by atoms with Gasteiger partial charge in [-0.2, -0.15) is 0 Å². The van der Waals surface area contributed by atoms with Crippen molar-refractivity contribution in [2.24, 2.45) is 5.92 Å². The van der Waals surface area contributed by atoms with Gasteiger partial charge in [-0.1, -0.05) is 44.2 Å². The minimum atomic E-state index is -0.0995. The van der Waals surface area contributed by atoms with Gasteiger partial charge < -0.3 is 5.11 Å². The van der Waals surface area contributed by atoms with E-state index in [1.807, 2.05) is 51.1 Å². The Morgan fingerprint density at radius 1 is 1.22 bits per heavy atom. The van der Waals surface area contributed by atoms with Crippen molar-refractivity contribution in [1.29, 1.82) is 0 Å². The summed E-state index contributed by atoms with van der Waals surface area (Å²) in [5.41, 5.74) is 1.83. The zero-order chi connectivity index (χ0) is 13.3. The fourth-order valence-electron chi connectivity index (χ4n) is 1.80. The lowest BCUT2D eigenvalue weighted by Gasteiger charge is -2.00. The number of carbonyl (C=O) groups excluding carboxylic acids is 1.